The van der Waals surface area contributed by atoms with Gasteiger partial charge in [-0.1, -0.05) is 6.07 Å². The summed E-state index contributed by atoms with van der Waals surface area (Å²) in [4.78, 5) is 2.60. The summed E-state index contributed by atoms with van der Waals surface area (Å²) in [5.74, 6) is 1.68. The molecule has 1 spiro atoms. The van der Waals surface area contributed by atoms with Gasteiger partial charge in [-0.25, -0.2) is 0 Å². The Hall–Kier alpha value is -0.970. The summed E-state index contributed by atoms with van der Waals surface area (Å²) < 4.78 is 11.1. The van der Waals surface area contributed by atoms with E-state index in [0.29, 0.717) is 12.0 Å². The molecule has 0 bridgehead atoms. The van der Waals surface area contributed by atoms with E-state index < -0.39 is 0 Å². The van der Waals surface area contributed by atoms with Crippen molar-refractivity contribution >= 4 is 12.4 Å². The number of methoxy groups -OCH3 is 1. The number of benzene rings is 1. The monoisotopic (exact) mass is 340 g/mol. The third-order valence-corrected chi connectivity index (χ3v) is 5.12. The van der Waals surface area contributed by atoms with Crippen molar-refractivity contribution in [3.63, 3.8) is 0 Å². The third kappa shape index (κ3) is 4.31. The van der Waals surface area contributed by atoms with E-state index in [4.69, 9.17) is 9.47 Å². The van der Waals surface area contributed by atoms with Gasteiger partial charge in [-0.15, -0.1) is 12.4 Å². The van der Waals surface area contributed by atoms with E-state index in [1.165, 1.54) is 51.0 Å². The number of halogens is 1. The molecule has 0 radical (unpaired) electrons. The Morgan fingerprint density at radius 3 is 2.65 bits per heavy atom. The lowest BCUT2D eigenvalue weighted by molar-refractivity contribution is 0.194. The van der Waals surface area contributed by atoms with E-state index >= 15 is 0 Å². The Kier molecular flexibility index (Phi) is 6.57. The molecule has 2 saturated heterocycles. The Morgan fingerprint density at radius 2 is 1.96 bits per heavy atom. The summed E-state index contributed by atoms with van der Waals surface area (Å²) in [6.07, 6.45) is 4.01. The fraction of sp³-hybridized carbons (Fsp3) is 0.667. The third-order valence-electron chi connectivity index (χ3n) is 5.12. The molecule has 5 heteroatoms. The first-order chi connectivity index (χ1) is 10.7. The van der Waals surface area contributed by atoms with Gasteiger partial charge in [-0.05, 0) is 68.9 Å². The molecule has 2 fully saturated rings. The number of piperidine rings is 1. The second-order valence-corrected chi connectivity index (χ2v) is 6.63. The zero-order valence-corrected chi connectivity index (χ0v) is 15.1. The van der Waals surface area contributed by atoms with Gasteiger partial charge in [-0.2, -0.15) is 0 Å². The van der Waals surface area contributed by atoms with Gasteiger partial charge in [0.25, 0.3) is 0 Å². The molecule has 2 heterocycles. The molecule has 2 aliphatic rings. The largest absolute Gasteiger partial charge is 0.493 e. The van der Waals surface area contributed by atoms with E-state index in [1.807, 2.05) is 13.0 Å². The average Bonchev–Trinajstić information content (AvgIpc) is 2.92. The van der Waals surface area contributed by atoms with Crippen LogP contribution in [0.25, 0.3) is 0 Å². The molecular weight excluding hydrogens is 312 g/mol. The molecular formula is C18H29ClN2O2. The summed E-state index contributed by atoms with van der Waals surface area (Å²) in [7, 11) is 1.71. The second-order valence-electron chi connectivity index (χ2n) is 6.63. The van der Waals surface area contributed by atoms with Crippen LogP contribution in [-0.4, -0.2) is 44.8 Å². The lowest BCUT2D eigenvalue weighted by Gasteiger charge is -2.34. The molecule has 0 amide bonds. The molecule has 0 aliphatic carbocycles. The fourth-order valence-electron chi connectivity index (χ4n) is 3.87. The van der Waals surface area contributed by atoms with Crippen molar-refractivity contribution in [2.75, 3.05) is 39.9 Å². The lowest BCUT2D eigenvalue weighted by atomic mass is 9.78. The van der Waals surface area contributed by atoms with Gasteiger partial charge in [-0.3, -0.25) is 4.90 Å². The van der Waals surface area contributed by atoms with Crippen LogP contribution in [0.5, 0.6) is 11.5 Å². The minimum Gasteiger partial charge on any atom is -0.493 e. The Morgan fingerprint density at radius 1 is 1.17 bits per heavy atom. The summed E-state index contributed by atoms with van der Waals surface area (Å²) in [5.41, 5.74) is 1.88. The molecule has 0 atom stereocenters. The minimum atomic E-state index is 0. The highest BCUT2D eigenvalue weighted by Gasteiger charge is 2.38. The van der Waals surface area contributed by atoms with E-state index in [-0.39, 0.29) is 12.4 Å². The van der Waals surface area contributed by atoms with E-state index in [9.17, 15) is 0 Å². The van der Waals surface area contributed by atoms with Crippen molar-refractivity contribution in [2.24, 2.45) is 5.41 Å². The highest BCUT2D eigenvalue weighted by molar-refractivity contribution is 5.85. The maximum absolute atomic E-state index is 5.60. The highest BCUT2D eigenvalue weighted by Crippen LogP contribution is 2.39. The fourth-order valence-corrected chi connectivity index (χ4v) is 3.87. The van der Waals surface area contributed by atoms with Crippen LogP contribution in [-0.2, 0) is 6.54 Å². The first kappa shape index (κ1) is 18.4. The Labute approximate surface area is 145 Å². The molecule has 1 aromatic rings. The second kappa shape index (κ2) is 8.22. The highest BCUT2D eigenvalue weighted by atomic mass is 35.5. The molecule has 1 N–H and O–H groups in total. The summed E-state index contributed by atoms with van der Waals surface area (Å²) >= 11 is 0. The quantitative estimate of drug-likeness (QED) is 0.893. The van der Waals surface area contributed by atoms with E-state index in [1.54, 1.807) is 7.11 Å². The number of rotatable bonds is 5. The van der Waals surface area contributed by atoms with Gasteiger partial charge in [0.05, 0.1) is 13.7 Å². The first-order valence-electron chi connectivity index (χ1n) is 8.47. The van der Waals surface area contributed by atoms with Crippen LogP contribution in [0.15, 0.2) is 18.2 Å². The summed E-state index contributed by atoms with van der Waals surface area (Å²) in [6, 6.07) is 6.33. The SMILES string of the molecule is CCOc1ccc(CN2CCC3(CCNCC3)C2)cc1OC.Cl. The summed E-state index contributed by atoms with van der Waals surface area (Å²) in [6.45, 7) is 8.50. The van der Waals surface area contributed by atoms with Crippen LogP contribution in [0.3, 0.4) is 0 Å². The zero-order chi connectivity index (χ0) is 15.4. The number of hydrogen-bond acceptors (Lipinski definition) is 4. The van der Waals surface area contributed by atoms with Crippen molar-refractivity contribution in [3.8, 4) is 11.5 Å². The predicted octanol–water partition coefficient (Wildman–Crippen LogP) is 3.09. The number of nitrogens with one attached hydrogen (secondary N) is 1. The predicted molar refractivity (Wildman–Crippen MR) is 95.8 cm³/mol. The zero-order valence-electron chi connectivity index (χ0n) is 14.3. The smallest absolute Gasteiger partial charge is 0.161 e. The number of likely N-dealkylation sites (tertiary alicyclic amines) is 1. The minimum absolute atomic E-state index is 0. The molecule has 1 aromatic carbocycles. The standard InChI is InChI=1S/C18H28N2O2.ClH/c1-3-22-16-5-4-15(12-17(16)21-2)13-20-11-8-18(14-20)6-9-19-10-7-18;/h4-5,12,19H,3,6-11,13-14H2,1-2H3;1H. The lowest BCUT2D eigenvalue weighted by Crippen LogP contribution is -2.38. The van der Waals surface area contributed by atoms with Crippen LogP contribution in [0.4, 0.5) is 0 Å². The number of ether oxygens (including phenoxy) is 2. The van der Waals surface area contributed by atoms with E-state index in [2.05, 4.69) is 22.3 Å². The van der Waals surface area contributed by atoms with Crippen LogP contribution in [0.2, 0.25) is 0 Å². The molecule has 0 aromatic heterocycles. The van der Waals surface area contributed by atoms with Crippen molar-refractivity contribution in [3.05, 3.63) is 23.8 Å². The van der Waals surface area contributed by atoms with Crippen LogP contribution in [0.1, 0.15) is 31.7 Å². The molecule has 3 rings (SSSR count). The summed E-state index contributed by atoms with van der Waals surface area (Å²) in [5, 5.41) is 3.48. The van der Waals surface area contributed by atoms with Crippen LogP contribution >= 0.6 is 12.4 Å². The molecule has 4 nitrogen and oxygen atoms in total. The normalized spacial score (nSPS) is 20.3. The maximum atomic E-state index is 5.60. The first-order valence-corrected chi connectivity index (χ1v) is 8.47. The topological polar surface area (TPSA) is 33.7 Å². The average molecular weight is 341 g/mol. The van der Waals surface area contributed by atoms with Crippen LogP contribution < -0.4 is 14.8 Å². The van der Waals surface area contributed by atoms with Crippen molar-refractivity contribution in [2.45, 2.75) is 32.7 Å². The molecule has 23 heavy (non-hydrogen) atoms. The van der Waals surface area contributed by atoms with Crippen molar-refractivity contribution < 1.29 is 9.47 Å². The van der Waals surface area contributed by atoms with Gasteiger partial charge in [0.2, 0.25) is 0 Å². The van der Waals surface area contributed by atoms with Gasteiger partial charge < -0.3 is 14.8 Å². The van der Waals surface area contributed by atoms with Crippen molar-refractivity contribution in [1.82, 2.24) is 10.2 Å². The van der Waals surface area contributed by atoms with Crippen LogP contribution in [0, 0.1) is 5.41 Å². The van der Waals surface area contributed by atoms with Gasteiger partial charge >= 0.3 is 0 Å². The Bertz CT molecular complexity index is 504. The molecule has 130 valence electrons. The van der Waals surface area contributed by atoms with Gasteiger partial charge in [0.1, 0.15) is 0 Å². The Balaban J connectivity index is 0.00000192. The number of hydrogen-bond donors (Lipinski definition) is 1. The number of nitrogens with zero attached hydrogens (tertiary/aromatic N) is 1. The maximum Gasteiger partial charge on any atom is 0.161 e. The van der Waals surface area contributed by atoms with Gasteiger partial charge in [0.15, 0.2) is 11.5 Å². The molecule has 0 unspecified atom stereocenters. The molecule has 0 saturated carbocycles. The van der Waals surface area contributed by atoms with Gasteiger partial charge in [0, 0.05) is 13.1 Å². The van der Waals surface area contributed by atoms with E-state index in [0.717, 1.165) is 18.0 Å². The molecule has 2 aliphatic heterocycles. The van der Waals surface area contributed by atoms with Crippen molar-refractivity contribution in [1.29, 1.82) is 0 Å².